The number of anilines is 2. The predicted octanol–water partition coefficient (Wildman–Crippen LogP) is 1.43. The van der Waals surface area contributed by atoms with Crippen molar-refractivity contribution in [3.05, 3.63) is 24.3 Å². The third kappa shape index (κ3) is 5.50. The Morgan fingerprint density at radius 3 is 2.54 bits per heavy atom. The molecule has 2 rings (SSSR count). The molecule has 24 heavy (non-hydrogen) atoms. The van der Waals surface area contributed by atoms with Gasteiger partial charge in [0.2, 0.25) is 0 Å². The summed E-state index contributed by atoms with van der Waals surface area (Å²) < 4.78 is 15.3. The molecular weight excluding hydrogens is 312 g/mol. The van der Waals surface area contributed by atoms with E-state index < -0.39 is 12.1 Å². The van der Waals surface area contributed by atoms with E-state index in [9.17, 15) is 9.59 Å². The first-order chi connectivity index (χ1) is 11.6. The second-order valence-electron chi connectivity index (χ2n) is 5.40. The molecule has 0 aliphatic carbocycles. The van der Waals surface area contributed by atoms with E-state index in [4.69, 9.17) is 14.2 Å². The molecule has 0 bridgehead atoms. The van der Waals surface area contributed by atoms with Crippen LogP contribution in [0.15, 0.2) is 24.3 Å². The first-order valence-corrected chi connectivity index (χ1v) is 8.11. The molecule has 1 aromatic rings. The fourth-order valence-electron chi connectivity index (χ4n) is 2.29. The lowest BCUT2D eigenvalue weighted by molar-refractivity contribution is -0.157. The predicted molar refractivity (Wildman–Crippen MR) is 90.2 cm³/mol. The molecule has 1 N–H and O–H groups in total. The van der Waals surface area contributed by atoms with Gasteiger partial charge in [-0.05, 0) is 38.1 Å². The van der Waals surface area contributed by atoms with E-state index in [1.54, 1.807) is 6.92 Å². The van der Waals surface area contributed by atoms with Gasteiger partial charge in [-0.15, -0.1) is 0 Å². The smallest absolute Gasteiger partial charge is 0.332 e. The zero-order valence-corrected chi connectivity index (χ0v) is 14.1. The molecule has 1 fully saturated rings. The number of carbonyl (C=O) groups excluding carboxylic acids is 2. The number of morpholine rings is 1. The summed E-state index contributed by atoms with van der Waals surface area (Å²) in [6.07, 6.45) is -0.878. The van der Waals surface area contributed by atoms with Gasteiger partial charge in [0.1, 0.15) is 6.61 Å². The average molecular weight is 336 g/mol. The third-order valence-electron chi connectivity index (χ3n) is 3.61. The van der Waals surface area contributed by atoms with E-state index in [2.05, 4.69) is 10.2 Å². The van der Waals surface area contributed by atoms with E-state index in [1.807, 2.05) is 24.3 Å². The molecule has 1 heterocycles. The van der Waals surface area contributed by atoms with E-state index in [0.717, 1.165) is 32.0 Å². The van der Waals surface area contributed by atoms with Crippen LogP contribution in [0.2, 0.25) is 0 Å². The SMILES string of the molecule is CCOCC(=O)OC(C)C(=O)Nc1ccc(N2CCOCC2)cc1. The van der Waals surface area contributed by atoms with Crippen molar-refractivity contribution in [1.82, 2.24) is 0 Å². The zero-order chi connectivity index (χ0) is 17.4. The summed E-state index contributed by atoms with van der Waals surface area (Å²) in [5.41, 5.74) is 1.75. The van der Waals surface area contributed by atoms with Gasteiger partial charge in [-0.25, -0.2) is 4.79 Å². The normalized spacial score (nSPS) is 15.7. The summed E-state index contributed by atoms with van der Waals surface area (Å²) in [6.45, 7) is 6.75. The summed E-state index contributed by atoms with van der Waals surface area (Å²) in [5.74, 6) is -0.930. The van der Waals surface area contributed by atoms with E-state index in [0.29, 0.717) is 12.3 Å². The molecule has 1 aromatic carbocycles. The van der Waals surface area contributed by atoms with Crippen molar-refractivity contribution >= 4 is 23.3 Å². The van der Waals surface area contributed by atoms with Crippen LogP contribution in [-0.4, -0.2) is 57.5 Å². The molecule has 1 unspecified atom stereocenters. The van der Waals surface area contributed by atoms with Gasteiger partial charge in [0.25, 0.3) is 5.91 Å². The quantitative estimate of drug-likeness (QED) is 0.759. The lowest BCUT2D eigenvalue weighted by atomic mass is 10.2. The standard InChI is InChI=1S/C17H24N2O5/c1-3-22-12-16(20)24-13(2)17(21)18-14-4-6-15(7-5-14)19-8-10-23-11-9-19/h4-7,13H,3,8-12H2,1-2H3,(H,18,21). The summed E-state index contributed by atoms with van der Waals surface area (Å²) in [5, 5.41) is 2.73. The zero-order valence-electron chi connectivity index (χ0n) is 14.1. The minimum absolute atomic E-state index is 0.150. The lowest BCUT2D eigenvalue weighted by Gasteiger charge is -2.28. The highest BCUT2D eigenvalue weighted by atomic mass is 16.6. The lowest BCUT2D eigenvalue weighted by Crippen LogP contribution is -2.36. The van der Waals surface area contributed by atoms with Gasteiger partial charge in [-0.3, -0.25) is 4.79 Å². The van der Waals surface area contributed by atoms with Crippen molar-refractivity contribution in [1.29, 1.82) is 0 Å². The molecule has 1 amide bonds. The van der Waals surface area contributed by atoms with Crippen molar-refractivity contribution in [3.63, 3.8) is 0 Å². The number of esters is 1. The first kappa shape index (κ1) is 18.2. The summed E-state index contributed by atoms with van der Waals surface area (Å²) in [4.78, 5) is 25.7. The largest absolute Gasteiger partial charge is 0.451 e. The molecule has 0 spiro atoms. The van der Waals surface area contributed by atoms with Gasteiger partial charge in [-0.1, -0.05) is 0 Å². The minimum atomic E-state index is -0.878. The average Bonchev–Trinajstić information content (AvgIpc) is 2.61. The molecule has 0 aromatic heterocycles. The van der Waals surface area contributed by atoms with Gasteiger partial charge in [0.05, 0.1) is 13.2 Å². The summed E-state index contributed by atoms with van der Waals surface area (Å²) >= 11 is 0. The van der Waals surface area contributed by atoms with E-state index >= 15 is 0 Å². The highest BCUT2D eigenvalue weighted by molar-refractivity contribution is 5.95. The number of carbonyl (C=O) groups is 2. The molecule has 7 heteroatoms. The van der Waals surface area contributed by atoms with Crippen molar-refractivity contribution in [2.45, 2.75) is 20.0 Å². The van der Waals surface area contributed by atoms with Gasteiger partial charge in [0.15, 0.2) is 6.10 Å². The topological polar surface area (TPSA) is 77.1 Å². The van der Waals surface area contributed by atoms with Crippen LogP contribution >= 0.6 is 0 Å². The van der Waals surface area contributed by atoms with Gasteiger partial charge >= 0.3 is 5.97 Å². The number of rotatable bonds is 7. The van der Waals surface area contributed by atoms with Crippen molar-refractivity contribution in [3.8, 4) is 0 Å². The van der Waals surface area contributed by atoms with Crippen LogP contribution in [0.4, 0.5) is 11.4 Å². The molecule has 0 saturated carbocycles. The van der Waals surface area contributed by atoms with Gasteiger partial charge < -0.3 is 24.4 Å². The third-order valence-corrected chi connectivity index (χ3v) is 3.61. The van der Waals surface area contributed by atoms with Gasteiger partial charge in [-0.2, -0.15) is 0 Å². The van der Waals surface area contributed by atoms with Crippen molar-refractivity contribution < 1.29 is 23.8 Å². The monoisotopic (exact) mass is 336 g/mol. The summed E-state index contributed by atoms with van der Waals surface area (Å²) in [7, 11) is 0. The maximum atomic E-state index is 12.1. The molecule has 1 atom stereocenters. The Morgan fingerprint density at radius 2 is 1.92 bits per heavy atom. The molecule has 0 radical (unpaired) electrons. The Labute approximate surface area is 141 Å². The fraction of sp³-hybridized carbons (Fsp3) is 0.529. The number of nitrogens with one attached hydrogen (secondary N) is 1. The molecular formula is C17H24N2O5. The first-order valence-electron chi connectivity index (χ1n) is 8.11. The number of amides is 1. The summed E-state index contributed by atoms with van der Waals surface area (Å²) in [6, 6.07) is 7.56. The minimum Gasteiger partial charge on any atom is -0.451 e. The van der Waals surface area contributed by atoms with Crippen LogP contribution in [0.25, 0.3) is 0 Å². The Kier molecular flexibility index (Phi) is 7.02. The van der Waals surface area contributed by atoms with Crippen LogP contribution in [0.3, 0.4) is 0 Å². The van der Waals surface area contributed by atoms with E-state index in [1.165, 1.54) is 6.92 Å². The van der Waals surface area contributed by atoms with Crippen LogP contribution in [0, 0.1) is 0 Å². The molecule has 7 nitrogen and oxygen atoms in total. The second-order valence-corrected chi connectivity index (χ2v) is 5.40. The molecule has 1 saturated heterocycles. The molecule has 132 valence electrons. The number of benzene rings is 1. The maximum Gasteiger partial charge on any atom is 0.332 e. The Morgan fingerprint density at radius 1 is 1.25 bits per heavy atom. The maximum absolute atomic E-state index is 12.1. The fourth-order valence-corrected chi connectivity index (χ4v) is 2.29. The number of nitrogens with zero attached hydrogens (tertiary/aromatic N) is 1. The van der Waals surface area contributed by atoms with Crippen LogP contribution in [0.1, 0.15) is 13.8 Å². The van der Waals surface area contributed by atoms with E-state index in [-0.39, 0.29) is 12.5 Å². The molecule has 1 aliphatic heterocycles. The number of hydrogen-bond donors (Lipinski definition) is 1. The van der Waals surface area contributed by atoms with Crippen molar-refractivity contribution in [2.75, 3.05) is 49.7 Å². The van der Waals surface area contributed by atoms with Crippen LogP contribution < -0.4 is 10.2 Å². The number of hydrogen-bond acceptors (Lipinski definition) is 6. The van der Waals surface area contributed by atoms with Crippen molar-refractivity contribution in [2.24, 2.45) is 0 Å². The van der Waals surface area contributed by atoms with Crippen LogP contribution in [-0.2, 0) is 23.8 Å². The highest BCUT2D eigenvalue weighted by Crippen LogP contribution is 2.19. The Balaban J connectivity index is 1.83. The molecule has 1 aliphatic rings. The number of ether oxygens (including phenoxy) is 3. The Bertz CT molecular complexity index is 540. The Hall–Kier alpha value is -2.12. The second kappa shape index (κ2) is 9.24. The van der Waals surface area contributed by atoms with Crippen LogP contribution in [0.5, 0.6) is 0 Å². The van der Waals surface area contributed by atoms with Gasteiger partial charge in [0, 0.05) is 31.1 Å². The highest BCUT2D eigenvalue weighted by Gasteiger charge is 2.18.